The Balaban J connectivity index is 1.50. The molecule has 1 aliphatic rings. The molecule has 3 heterocycles. The highest BCUT2D eigenvalue weighted by molar-refractivity contribution is 5.65. The van der Waals surface area contributed by atoms with Crippen molar-refractivity contribution in [3.63, 3.8) is 0 Å². The first kappa shape index (κ1) is 18.3. The summed E-state index contributed by atoms with van der Waals surface area (Å²) in [4.78, 5) is 11.0. The lowest BCUT2D eigenvalue weighted by molar-refractivity contribution is 0.463. The van der Waals surface area contributed by atoms with Crippen molar-refractivity contribution in [2.75, 3.05) is 18.5 Å². The van der Waals surface area contributed by atoms with Crippen LogP contribution in [0.5, 0.6) is 0 Å². The fourth-order valence-electron chi connectivity index (χ4n) is 3.54. The van der Waals surface area contributed by atoms with E-state index < -0.39 is 0 Å². The summed E-state index contributed by atoms with van der Waals surface area (Å²) in [5, 5.41) is 13.6. The van der Waals surface area contributed by atoms with E-state index in [2.05, 4.69) is 36.9 Å². The number of hydrogen-bond acceptors (Lipinski definition) is 8. The highest BCUT2D eigenvalue weighted by Crippen LogP contribution is 2.23. The number of hydrazine groups is 1. The van der Waals surface area contributed by atoms with Crippen LogP contribution in [0.2, 0.25) is 0 Å². The second kappa shape index (κ2) is 7.90. The van der Waals surface area contributed by atoms with Crippen molar-refractivity contribution in [3.8, 4) is 17.3 Å². The van der Waals surface area contributed by atoms with E-state index in [1.165, 1.54) is 6.33 Å². The van der Waals surface area contributed by atoms with E-state index in [1.54, 1.807) is 4.52 Å². The number of nitrogens with zero attached hydrogens (tertiary/aromatic N) is 6. The van der Waals surface area contributed by atoms with Crippen molar-refractivity contribution in [2.45, 2.75) is 25.0 Å². The van der Waals surface area contributed by atoms with Crippen LogP contribution < -0.4 is 21.5 Å². The van der Waals surface area contributed by atoms with Gasteiger partial charge in [-0.25, -0.2) is 10.4 Å². The van der Waals surface area contributed by atoms with Crippen LogP contribution in [0.25, 0.3) is 17.0 Å². The van der Waals surface area contributed by atoms with Crippen LogP contribution in [0.3, 0.4) is 0 Å². The summed E-state index contributed by atoms with van der Waals surface area (Å²) in [5.74, 6) is 1.27. The second-order valence-electron chi connectivity index (χ2n) is 6.98. The maximum Gasteiger partial charge on any atom is 0.254 e. The van der Waals surface area contributed by atoms with Crippen molar-refractivity contribution in [3.05, 3.63) is 42.7 Å². The van der Waals surface area contributed by atoms with Crippen LogP contribution in [0, 0.1) is 17.2 Å². The Hall–Kier alpha value is -3.06. The lowest BCUT2D eigenvalue weighted by atomic mass is 9.97. The molecule has 4 rings (SSSR count). The summed E-state index contributed by atoms with van der Waals surface area (Å²) < 4.78 is 1.75. The largest absolute Gasteiger partial charge is 0.359 e. The number of anilines is 1. The van der Waals surface area contributed by atoms with Crippen LogP contribution in [0.4, 0.5) is 5.82 Å². The standard InChI is InChI=1S/C19H23N9/c1-27(9-5-8-15-14(11-20)18(21)26-25-15)17-10-16(13-6-3-2-4-7-13)24-19-22-12-23-28(17)19/h2-4,6-7,10,12,14-15,18,25-26H,5,8-9,21H2,1H3. The van der Waals surface area contributed by atoms with Gasteiger partial charge in [0, 0.05) is 31.3 Å². The van der Waals surface area contributed by atoms with Crippen LogP contribution in [0.1, 0.15) is 12.8 Å². The highest BCUT2D eigenvalue weighted by atomic mass is 15.5. The van der Waals surface area contributed by atoms with Gasteiger partial charge in [-0.05, 0) is 12.8 Å². The molecule has 1 aliphatic heterocycles. The van der Waals surface area contributed by atoms with Crippen LogP contribution in [-0.4, -0.2) is 45.4 Å². The average Bonchev–Trinajstić information content (AvgIpc) is 3.34. The van der Waals surface area contributed by atoms with Crippen molar-refractivity contribution < 1.29 is 0 Å². The highest BCUT2D eigenvalue weighted by Gasteiger charge is 2.33. The Bertz CT molecular complexity index is 978. The Kier molecular flexibility index (Phi) is 5.16. The minimum atomic E-state index is -0.323. The molecule has 3 unspecified atom stereocenters. The van der Waals surface area contributed by atoms with Gasteiger partial charge < -0.3 is 10.6 Å². The van der Waals surface area contributed by atoms with Gasteiger partial charge in [-0.1, -0.05) is 30.3 Å². The minimum Gasteiger partial charge on any atom is -0.359 e. The number of rotatable bonds is 6. The van der Waals surface area contributed by atoms with E-state index in [4.69, 9.17) is 5.73 Å². The summed E-state index contributed by atoms with van der Waals surface area (Å²) in [6.45, 7) is 0.804. The summed E-state index contributed by atoms with van der Waals surface area (Å²) in [7, 11) is 2.03. The summed E-state index contributed by atoms with van der Waals surface area (Å²) in [6.07, 6.45) is 2.94. The first-order chi connectivity index (χ1) is 13.7. The van der Waals surface area contributed by atoms with Gasteiger partial charge in [0.2, 0.25) is 0 Å². The van der Waals surface area contributed by atoms with E-state index in [1.807, 2.05) is 43.4 Å². The topological polar surface area (TPSA) is 120 Å². The van der Waals surface area contributed by atoms with Gasteiger partial charge in [0.05, 0.1) is 23.8 Å². The zero-order chi connectivity index (χ0) is 19.5. The Labute approximate surface area is 163 Å². The van der Waals surface area contributed by atoms with Crippen molar-refractivity contribution >= 4 is 11.6 Å². The van der Waals surface area contributed by atoms with E-state index in [0.717, 1.165) is 36.5 Å². The molecule has 1 aromatic carbocycles. The third-order valence-electron chi connectivity index (χ3n) is 5.11. The van der Waals surface area contributed by atoms with Crippen LogP contribution in [-0.2, 0) is 0 Å². The molecule has 9 heteroatoms. The molecule has 0 spiro atoms. The molecule has 0 saturated carbocycles. The summed E-state index contributed by atoms with van der Waals surface area (Å²) >= 11 is 0. The quantitative estimate of drug-likeness (QED) is 0.580. The third-order valence-corrected chi connectivity index (χ3v) is 5.11. The predicted molar refractivity (Wildman–Crippen MR) is 106 cm³/mol. The van der Waals surface area contributed by atoms with Crippen molar-refractivity contribution in [2.24, 2.45) is 11.7 Å². The van der Waals surface area contributed by atoms with Gasteiger partial charge in [0.25, 0.3) is 5.78 Å². The lowest BCUT2D eigenvalue weighted by Crippen LogP contribution is -2.38. The molecule has 28 heavy (non-hydrogen) atoms. The van der Waals surface area contributed by atoms with E-state index in [0.29, 0.717) is 5.78 Å². The molecule has 3 atom stereocenters. The SMILES string of the molecule is CN(CCCC1NNC(N)C1C#N)c1cc(-c2ccccc2)nc2ncnn12. The lowest BCUT2D eigenvalue weighted by Gasteiger charge is -2.21. The van der Waals surface area contributed by atoms with Gasteiger partial charge in [-0.2, -0.15) is 19.9 Å². The van der Waals surface area contributed by atoms with Crippen LogP contribution >= 0.6 is 0 Å². The Morgan fingerprint density at radius 1 is 1.29 bits per heavy atom. The number of nitriles is 1. The molecular weight excluding hydrogens is 354 g/mol. The molecule has 1 fully saturated rings. The maximum atomic E-state index is 9.28. The van der Waals surface area contributed by atoms with Crippen LogP contribution in [0.15, 0.2) is 42.7 Å². The number of nitrogens with one attached hydrogen (secondary N) is 2. The van der Waals surface area contributed by atoms with E-state index in [9.17, 15) is 5.26 Å². The number of fused-ring (bicyclic) bond motifs is 1. The Morgan fingerprint density at radius 2 is 2.11 bits per heavy atom. The number of benzene rings is 1. The molecular formula is C19H23N9. The number of aromatic nitrogens is 4. The minimum absolute atomic E-state index is 0.0529. The molecule has 0 bridgehead atoms. The van der Waals surface area contributed by atoms with Crippen molar-refractivity contribution in [1.29, 1.82) is 5.26 Å². The summed E-state index contributed by atoms with van der Waals surface area (Å²) in [5.41, 5.74) is 13.9. The molecule has 2 aromatic heterocycles. The smallest absolute Gasteiger partial charge is 0.254 e. The molecule has 144 valence electrons. The first-order valence-electron chi connectivity index (χ1n) is 9.31. The zero-order valence-corrected chi connectivity index (χ0v) is 15.7. The molecule has 0 radical (unpaired) electrons. The molecule has 0 amide bonds. The molecule has 3 aromatic rings. The predicted octanol–water partition coefficient (Wildman–Crippen LogP) is 0.909. The van der Waals surface area contributed by atoms with Gasteiger partial charge in [0.15, 0.2) is 0 Å². The molecule has 1 saturated heterocycles. The summed E-state index contributed by atoms with van der Waals surface area (Å²) in [6, 6.07) is 14.4. The van der Waals surface area contributed by atoms with E-state index >= 15 is 0 Å². The number of nitrogens with two attached hydrogens (primary N) is 1. The number of hydrogen-bond donors (Lipinski definition) is 3. The molecule has 0 aliphatic carbocycles. The van der Waals surface area contributed by atoms with Gasteiger partial charge in [-0.3, -0.25) is 5.43 Å². The third kappa shape index (κ3) is 3.53. The van der Waals surface area contributed by atoms with E-state index in [-0.39, 0.29) is 18.1 Å². The maximum absolute atomic E-state index is 9.28. The Morgan fingerprint density at radius 3 is 2.89 bits per heavy atom. The first-order valence-corrected chi connectivity index (χ1v) is 9.31. The second-order valence-corrected chi connectivity index (χ2v) is 6.98. The molecule has 4 N–H and O–H groups in total. The van der Waals surface area contributed by atoms with Gasteiger partial charge in [0.1, 0.15) is 12.1 Å². The fourth-order valence-corrected chi connectivity index (χ4v) is 3.54. The molecule has 9 nitrogen and oxygen atoms in total. The monoisotopic (exact) mass is 377 g/mol. The van der Waals surface area contributed by atoms with Crippen molar-refractivity contribution in [1.82, 2.24) is 30.4 Å². The zero-order valence-electron chi connectivity index (χ0n) is 15.7. The normalized spacial score (nSPS) is 21.7. The van der Waals surface area contributed by atoms with Gasteiger partial charge in [-0.15, -0.1) is 0 Å². The fraction of sp³-hybridized carbons (Fsp3) is 0.368. The average molecular weight is 377 g/mol. The van der Waals surface area contributed by atoms with Gasteiger partial charge >= 0.3 is 0 Å².